The Morgan fingerprint density at radius 2 is 1.48 bits per heavy atom. The van der Waals surface area contributed by atoms with Gasteiger partial charge in [0.05, 0.1) is 0 Å². The largest absolute Gasteiger partial charge is 0.454 e. The molecule has 0 aromatic heterocycles. The number of carbonyl (C=O) groups excluding carboxylic acids is 2. The molecular weight excluding hydrogens is 346 g/mol. The lowest BCUT2D eigenvalue weighted by Gasteiger charge is -2.17. The third-order valence-electron chi connectivity index (χ3n) is 4.89. The number of nitrogens with one attached hydrogen (secondary N) is 2. The summed E-state index contributed by atoms with van der Waals surface area (Å²) in [5.41, 5.74) is 1.28. The Morgan fingerprint density at radius 3 is 2.11 bits per heavy atom. The highest BCUT2D eigenvalue weighted by Crippen LogP contribution is 2.48. The molecule has 0 unspecified atom stereocenters. The van der Waals surface area contributed by atoms with Gasteiger partial charge < -0.3 is 25.0 Å². The lowest BCUT2D eigenvalue weighted by molar-refractivity contribution is -0.131. The minimum atomic E-state index is -1.02. The molecule has 0 saturated heterocycles. The van der Waals surface area contributed by atoms with Gasteiger partial charge in [-0.3, -0.25) is 9.59 Å². The Bertz CT molecular complexity index is 889. The van der Waals surface area contributed by atoms with E-state index in [4.69, 9.17) is 9.47 Å². The van der Waals surface area contributed by atoms with E-state index in [0.717, 1.165) is 5.69 Å². The van der Waals surface area contributed by atoms with Crippen molar-refractivity contribution in [3.8, 4) is 11.5 Å². The van der Waals surface area contributed by atoms with E-state index in [1.165, 1.54) is 0 Å². The van der Waals surface area contributed by atoms with Crippen LogP contribution in [-0.4, -0.2) is 32.7 Å². The highest BCUT2D eigenvalue weighted by atomic mass is 16.7. The summed E-state index contributed by atoms with van der Waals surface area (Å²) in [5.74, 6) is 0.651. The fourth-order valence-corrected chi connectivity index (χ4v) is 3.00. The van der Waals surface area contributed by atoms with Crippen molar-refractivity contribution in [1.29, 1.82) is 0 Å². The predicted octanol–water partition coefficient (Wildman–Crippen LogP) is 2.84. The maximum absolute atomic E-state index is 12.7. The molecule has 2 amide bonds. The maximum atomic E-state index is 12.7. The smallest absolute Gasteiger partial charge is 0.240 e. The standard InChI is InChI=1S/C20H21N3O4/c1-23(2)15-6-3-13(4-7-15)21-18(24)20(9-10-20)19(25)22-14-5-8-16-17(11-14)27-12-26-16/h3-8,11H,9-10,12H2,1-2H3,(H,21,24)(H,22,25). The van der Waals surface area contributed by atoms with Crippen LogP contribution in [0.15, 0.2) is 42.5 Å². The molecule has 0 bridgehead atoms. The molecule has 1 aliphatic carbocycles. The van der Waals surface area contributed by atoms with Crippen LogP contribution < -0.4 is 25.0 Å². The zero-order valence-corrected chi connectivity index (χ0v) is 15.2. The van der Waals surface area contributed by atoms with E-state index >= 15 is 0 Å². The Balaban J connectivity index is 1.43. The van der Waals surface area contributed by atoms with E-state index in [1.54, 1.807) is 18.2 Å². The Morgan fingerprint density at radius 1 is 0.889 bits per heavy atom. The summed E-state index contributed by atoms with van der Waals surface area (Å²) >= 11 is 0. The molecule has 2 aromatic carbocycles. The Labute approximate surface area is 157 Å². The first-order chi connectivity index (χ1) is 13.0. The fourth-order valence-electron chi connectivity index (χ4n) is 3.00. The number of rotatable bonds is 5. The summed E-state index contributed by atoms with van der Waals surface area (Å²) in [7, 11) is 3.90. The van der Waals surface area contributed by atoms with Crippen molar-refractivity contribution in [2.24, 2.45) is 5.41 Å². The number of nitrogens with zero attached hydrogens (tertiary/aromatic N) is 1. The first kappa shape index (κ1) is 17.2. The molecule has 0 atom stereocenters. The number of carbonyl (C=O) groups is 2. The SMILES string of the molecule is CN(C)c1ccc(NC(=O)C2(C(=O)Nc3ccc4c(c3)OCO4)CC2)cc1. The third-order valence-corrected chi connectivity index (χ3v) is 4.89. The number of amides is 2. The van der Waals surface area contributed by atoms with Crippen LogP contribution in [0.1, 0.15) is 12.8 Å². The van der Waals surface area contributed by atoms with Gasteiger partial charge in [-0.15, -0.1) is 0 Å². The van der Waals surface area contributed by atoms with Crippen molar-refractivity contribution in [2.45, 2.75) is 12.8 Å². The first-order valence-electron chi connectivity index (χ1n) is 8.78. The number of benzene rings is 2. The van der Waals surface area contributed by atoms with Crippen molar-refractivity contribution < 1.29 is 19.1 Å². The van der Waals surface area contributed by atoms with Crippen LogP contribution in [0, 0.1) is 5.41 Å². The van der Waals surface area contributed by atoms with Crippen molar-refractivity contribution in [3.63, 3.8) is 0 Å². The van der Waals surface area contributed by atoms with Crippen molar-refractivity contribution in [1.82, 2.24) is 0 Å². The van der Waals surface area contributed by atoms with Crippen LogP contribution in [0.4, 0.5) is 17.1 Å². The van der Waals surface area contributed by atoms with Crippen molar-refractivity contribution >= 4 is 28.9 Å². The number of anilines is 3. The summed E-state index contributed by atoms with van der Waals surface area (Å²) < 4.78 is 10.6. The van der Waals surface area contributed by atoms with E-state index in [1.807, 2.05) is 43.3 Å². The molecule has 140 valence electrons. The second kappa shape index (κ2) is 6.50. The molecule has 2 aliphatic rings. The molecule has 7 heteroatoms. The lowest BCUT2D eigenvalue weighted by Crippen LogP contribution is -2.35. The molecular formula is C20H21N3O4. The van der Waals surface area contributed by atoms with E-state index in [0.29, 0.717) is 35.7 Å². The van der Waals surface area contributed by atoms with Gasteiger partial charge in [-0.25, -0.2) is 0 Å². The van der Waals surface area contributed by atoms with E-state index in [9.17, 15) is 9.59 Å². The highest BCUT2D eigenvalue weighted by Gasteiger charge is 2.56. The lowest BCUT2D eigenvalue weighted by atomic mass is 10.0. The molecule has 0 spiro atoms. The molecule has 1 fully saturated rings. The average molecular weight is 367 g/mol. The summed E-state index contributed by atoms with van der Waals surface area (Å²) in [6.07, 6.45) is 1.07. The second-order valence-electron chi connectivity index (χ2n) is 7.00. The quantitative estimate of drug-likeness (QED) is 0.795. The van der Waals surface area contributed by atoms with Gasteiger partial charge in [0.25, 0.3) is 0 Å². The minimum Gasteiger partial charge on any atom is -0.454 e. The Hall–Kier alpha value is -3.22. The molecule has 1 heterocycles. The van der Waals surface area contributed by atoms with Gasteiger partial charge in [-0.05, 0) is 49.2 Å². The number of hydrogen-bond acceptors (Lipinski definition) is 5. The second-order valence-corrected chi connectivity index (χ2v) is 7.00. The molecule has 1 aliphatic heterocycles. The highest BCUT2D eigenvalue weighted by molar-refractivity contribution is 6.17. The minimum absolute atomic E-state index is 0.172. The van der Waals surface area contributed by atoms with Crippen molar-refractivity contribution in [3.05, 3.63) is 42.5 Å². The summed E-state index contributed by atoms with van der Waals surface area (Å²) in [6, 6.07) is 12.7. The number of fused-ring (bicyclic) bond motifs is 1. The number of ether oxygens (including phenoxy) is 2. The maximum Gasteiger partial charge on any atom is 0.240 e. The Kier molecular flexibility index (Phi) is 4.14. The van der Waals surface area contributed by atoms with Crippen LogP contribution in [0.5, 0.6) is 11.5 Å². The molecule has 4 rings (SSSR count). The van der Waals surface area contributed by atoms with Crippen molar-refractivity contribution in [2.75, 3.05) is 36.4 Å². The van der Waals surface area contributed by atoms with Gasteiger partial charge in [0.2, 0.25) is 18.6 Å². The third kappa shape index (κ3) is 3.28. The zero-order valence-electron chi connectivity index (χ0n) is 15.2. The molecule has 27 heavy (non-hydrogen) atoms. The van der Waals surface area contributed by atoms with Gasteiger partial charge in [-0.1, -0.05) is 0 Å². The molecule has 0 radical (unpaired) electrons. The number of hydrogen-bond donors (Lipinski definition) is 2. The van der Waals surface area contributed by atoms with Gasteiger partial charge in [-0.2, -0.15) is 0 Å². The van der Waals surface area contributed by atoms with Crippen LogP contribution in [0.25, 0.3) is 0 Å². The molecule has 7 nitrogen and oxygen atoms in total. The van der Waals surface area contributed by atoms with E-state index in [-0.39, 0.29) is 18.6 Å². The topological polar surface area (TPSA) is 79.9 Å². The van der Waals surface area contributed by atoms with Gasteiger partial charge in [0.1, 0.15) is 5.41 Å². The fraction of sp³-hybridized carbons (Fsp3) is 0.300. The molecule has 2 aromatic rings. The molecule has 2 N–H and O–H groups in total. The van der Waals surface area contributed by atoms with Crippen LogP contribution in [0.2, 0.25) is 0 Å². The summed E-state index contributed by atoms with van der Waals surface area (Å²) in [4.78, 5) is 27.4. The first-order valence-corrected chi connectivity index (χ1v) is 8.78. The van der Waals surface area contributed by atoms with Crippen LogP contribution in [-0.2, 0) is 9.59 Å². The van der Waals surface area contributed by atoms with Crippen LogP contribution in [0.3, 0.4) is 0 Å². The van der Waals surface area contributed by atoms with Gasteiger partial charge in [0, 0.05) is 37.2 Å². The van der Waals surface area contributed by atoms with E-state index < -0.39 is 5.41 Å². The summed E-state index contributed by atoms with van der Waals surface area (Å²) in [5, 5.41) is 5.68. The monoisotopic (exact) mass is 367 g/mol. The van der Waals surface area contributed by atoms with Crippen LogP contribution >= 0.6 is 0 Å². The summed E-state index contributed by atoms with van der Waals surface area (Å²) in [6.45, 7) is 0.172. The normalized spacial score (nSPS) is 15.8. The predicted molar refractivity (Wildman–Crippen MR) is 102 cm³/mol. The zero-order chi connectivity index (χ0) is 19.0. The molecule has 1 saturated carbocycles. The van der Waals surface area contributed by atoms with E-state index in [2.05, 4.69) is 10.6 Å². The van der Waals surface area contributed by atoms with Gasteiger partial charge >= 0.3 is 0 Å². The van der Waals surface area contributed by atoms with Gasteiger partial charge in [0.15, 0.2) is 11.5 Å². The average Bonchev–Trinajstić information content (AvgIpc) is 3.35.